The van der Waals surface area contributed by atoms with Gasteiger partial charge in [-0.3, -0.25) is 4.79 Å². The smallest absolute Gasteiger partial charge is 0.255 e. The predicted octanol–water partition coefficient (Wildman–Crippen LogP) is 2.09. The molecule has 5 atom stereocenters. The van der Waals surface area contributed by atoms with Crippen LogP contribution in [-0.2, 0) is 0 Å². The van der Waals surface area contributed by atoms with Gasteiger partial charge >= 0.3 is 0 Å². The zero-order valence-electron chi connectivity index (χ0n) is 14.4. The maximum atomic E-state index is 12.9. The average molecular weight is 350 g/mol. The number of carbonyl (C=O) groups excluding carboxylic acids is 1. The van der Waals surface area contributed by atoms with Gasteiger partial charge in [0.05, 0.1) is 23.4 Å². The molecule has 4 aliphatic rings. The molecule has 3 heterocycles. The van der Waals surface area contributed by atoms with Crippen molar-refractivity contribution in [3.8, 4) is 5.75 Å². The van der Waals surface area contributed by atoms with Crippen molar-refractivity contribution < 1.29 is 9.53 Å². The van der Waals surface area contributed by atoms with E-state index in [1.165, 1.54) is 13.0 Å². The number of rotatable bonds is 4. The first-order valence-electron chi connectivity index (χ1n) is 8.56. The summed E-state index contributed by atoms with van der Waals surface area (Å²) in [6.45, 7) is 3.46. The van der Waals surface area contributed by atoms with E-state index in [0.29, 0.717) is 34.2 Å². The molecular formula is C18H24ClN3O2. The molecule has 5 rings (SSSR count). The first-order valence-corrected chi connectivity index (χ1v) is 8.93. The molecule has 1 amide bonds. The Bertz CT molecular complexity index is 674. The second-order valence-corrected chi connectivity index (χ2v) is 7.94. The Morgan fingerprint density at radius 2 is 2.04 bits per heavy atom. The summed E-state index contributed by atoms with van der Waals surface area (Å²) < 4.78 is 5.45. The average Bonchev–Trinajstić information content (AvgIpc) is 2.96. The fourth-order valence-corrected chi connectivity index (χ4v) is 5.22. The summed E-state index contributed by atoms with van der Waals surface area (Å²) in [4.78, 5) is 17.3. The molecule has 6 heteroatoms. The Labute approximate surface area is 147 Å². The highest BCUT2D eigenvalue weighted by molar-refractivity contribution is 6.33. The Morgan fingerprint density at radius 1 is 1.29 bits per heavy atom. The minimum Gasteiger partial charge on any atom is -0.496 e. The maximum Gasteiger partial charge on any atom is 0.255 e. The van der Waals surface area contributed by atoms with Gasteiger partial charge in [0, 0.05) is 45.8 Å². The number of carbonyl (C=O) groups is 1. The molecule has 5 unspecified atom stereocenters. The van der Waals surface area contributed by atoms with Crippen LogP contribution in [0.15, 0.2) is 12.1 Å². The number of anilines is 1. The van der Waals surface area contributed by atoms with Crippen molar-refractivity contribution in [2.45, 2.75) is 12.5 Å². The molecule has 4 fully saturated rings. The van der Waals surface area contributed by atoms with Gasteiger partial charge in [-0.1, -0.05) is 11.6 Å². The lowest BCUT2D eigenvalue weighted by Gasteiger charge is -2.35. The fourth-order valence-electron chi connectivity index (χ4n) is 4.88. The highest BCUT2D eigenvalue weighted by atomic mass is 35.5. The minimum atomic E-state index is -0.0740. The summed E-state index contributed by atoms with van der Waals surface area (Å²) in [5.41, 5.74) is 1.36. The molecule has 24 heavy (non-hydrogen) atoms. The topological polar surface area (TPSA) is 44.8 Å². The number of hydrogen-bond donors (Lipinski definition) is 1. The predicted molar refractivity (Wildman–Crippen MR) is 95.1 cm³/mol. The molecule has 1 aromatic carbocycles. The van der Waals surface area contributed by atoms with Crippen LogP contribution in [0, 0.1) is 17.8 Å². The molecule has 0 aromatic heterocycles. The number of piperidine rings is 2. The third-order valence-electron chi connectivity index (χ3n) is 5.93. The number of methoxy groups -OCH3 is 1. The van der Waals surface area contributed by atoms with Crippen molar-refractivity contribution in [3.05, 3.63) is 22.7 Å². The second kappa shape index (κ2) is 5.81. The van der Waals surface area contributed by atoms with Gasteiger partial charge in [-0.2, -0.15) is 0 Å². The lowest BCUT2D eigenvalue weighted by atomic mass is 9.93. The van der Waals surface area contributed by atoms with Crippen LogP contribution < -0.4 is 15.0 Å². The number of hydrogen-bond acceptors (Lipinski definition) is 4. The van der Waals surface area contributed by atoms with Gasteiger partial charge in [0.25, 0.3) is 5.91 Å². The van der Waals surface area contributed by atoms with Gasteiger partial charge in [-0.05, 0) is 30.2 Å². The van der Waals surface area contributed by atoms with E-state index < -0.39 is 0 Å². The van der Waals surface area contributed by atoms with E-state index >= 15 is 0 Å². The van der Waals surface area contributed by atoms with Gasteiger partial charge in [0.15, 0.2) is 0 Å². The van der Waals surface area contributed by atoms with Crippen LogP contribution in [0.4, 0.5) is 5.69 Å². The molecule has 1 saturated carbocycles. The van der Waals surface area contributed by atoms with Crippen LogP contribution in [0.3, 0.4) is 0 Å². The quantitative estimate of drug-likeness (QED) is 0.904. The Morgan fingerprint density at radius 3 is 2.71 bits per heavy atom. The van der Waals surface area contributed by atoms with Crippen LogP contribution in [0.2, 0.25) is 5.02 Å². The van der Waals surface area contributed by atoms with E-state index in [9.17, 15) is 4.79 Å². The largest absolute Gasteiger partial charge is 0.496 e. The summed E-state index contributed by atoms with van der Waals surface area (Å²) in [5, 5.41) is 3.85. The highest BCUT2D eigenvalue weighted by Gasteiger charge is 2.53. The Kier molecular flexibility index (Phi) is 3.88. The molecule has 130 valence electrons. The summed E-state index contributed by atoms with van der Waals surface area (Å²) in [5.74, 6) is 2.45. The number of nitrogens with zero attached hydrogens (tertiary/aromatic N) is 2. The molecule has 1 N–H and O–H groups in total. The van der Waals surface area contributed by atoms with E-state index in [1.807, 2.05) is 25.1 Å². The molecule has 1 aliphatic carbocycles. The van der Waals surface area contributed by atoms with Crippen molar-refractivity contribution in [1.29, 1.82) is 0 Å². The second-order valence-electron chi connectivity index (χ2n) is 7.54. The molecule has 0 radical (unpaired) electrons. The van der Waals surface area contributed by atoms with Gasteiger partial charge in [-0.15, -0.1) is 0 Å². The number of halogens is 1. The summed E-state index contributed by atoms with van der Waals surface area (Å²) in [7, 11) is 5.43. The number of nitrogens with one attached hydrogen (secondary N) is 1. The van der Waals surface area contributed by atoms with Crippen LogP contribution in [-0.4, -0.2) is 57.7 Å². The van der Waals surface area contributed by atoms with Crippen molar-refractivity contribution in [2.24, 2.45) is 17.8 Å². The lowest BCUT2D eigenvalue weighted by molar-refractivity contribution is 0.0875. The summed E-state index contributed by atoms with van der Waals surface area (Å²) in [6, 6.07) is 3.84. The van der Waals surface area contributed by atoms with E-state index in [0.717, 1.165) is 24.7 Å². The summed E-state index contributed by atoms with van der Waals surface area (Å²) >= 11 is 6.36. The third-order valence-corrected chi connectivity index (χ3v) is 6.23. The van der Waals surface area contributed by atoms with E-state index in [-0.39, 0.29) is 5.91 Å². The molecule has 1 aromatic rings. The van der Waals surface area contributed by atoms with Crippen LogP contribution in [0.1, 0.15) is 16.8 Å². The Hall–Kier alpha value is -1.46. The normalized spacial score (nSPS) is 32.9. The Balaban J connectivity index is 1.57. The molecular weight excluding hydrogens is 326 g/mol. The molecule has 3 aliphatic heterocycles. The monoisotopic (exact) mass is 349 g/mol. The van der Waals surface area contributed by atoms with Gasteiger partial charge in [0.1, 0.15) is 5.75 Å². The van der Waals surface area contributed by atoms with Crippen molar-refractivity contribution in [2.75, 3.05) is 45.7 Å². The zero-order chi connectivity index (χ0) is 17.0. The fraction of sp³-hybridized carbons (Fsp3) is 0.611. The standard InChI is InChI=1S/C18H24ClN3O2/c1-21(2)15-6-16(24-3)12(5-14(15)19)18(23)20-17-11-4-10-7-22(8-11)9-13(10)17/h5-6,10-11,13,17H,4,7-9H2,1-3H3,(H,20,23). The molecule has 4 bridgehead atoms. The summed E-state index contributed by atoms with van der Waals surface area (Å²) in [6.07, 6.45) is 1.25. The van der Waals surface area contributed by atoms with Crippen molar-refractivity contribution in [3.63, 3.8) is 0 Å². The minimum absolute atomic E-state index is 0.0740. The van der Waals surface area contributed by atoms with E-state index in [1.54, 1.807) is 13.2 Å². The lowest BCUT2D eigenvalue weighted by Crippen LogP contribution is -2.50. The first kappa shape index (κ1) is 16.0. The van der Waals surface area contributed by atoms with E-state index in [2.05, 4.69) is 10.2 Å². The highest BCUT2D eigenvalue weighted by Crippen LogP contribution is 2.47. The number of benzene rings is 1. The van der Waals surface area contributed by atoms with Crippen LogP contribution in [0.5, 0.6) is 5.75 Å². The molecule has 3 saturated heterocycles. The van der Waals surface area contributed by atoms with Crippen molar-refractivity contribution >= 4 is 23.2 Å². The number of amides is 1. The van der Waals surface area contributed by atoms with Gasteiger partial charge in [0.2, 0.25) is 0 Å². The molecule has 5 nitrogen and oxygen atoms in total. The number of ether oxygens (including phenoxy) is 1. The van der Waals surface area contributed by atoms with Crippen molar-refractivity contribution in [1.82, 2.24) is 10.2 Å². The molecule has 0 spiro atoms. The zero-order valence-corrected chi connectivity index (χ0v) is 15.1. The first-order chi connectivity index (χ1) is 11.5. The van der Waals surface area contributed by atoms with E-state index in [4.69, 9.17) is 16.3 Å². The van der Waals surface area contributed by atoms with Crippen LogP contribution in [0.25, 0.3) is 0 Å². The SMILES string of the molecule is COc1cc(N(C)C)c(Cl)cc1C(=O)NC1C2CC3CN(C2)CC31. The van der Waals surface area contributed by atoms with Gasteiger partial charge in [-0.25, -0.2) is 0 Å². The van der Waals surface area contributed by atoms with Crippen LogP contribution >= 0.6 is 11.6 Å². The maximum absolute atomic E-state index is 12.9. The third kappa shape index (κ3) is 2.45. The van der Waals surface area contributed by atoms with Gasteiger partial charge < -0.3 is 19.9 Å².